The van der Waals surface area contributed by atoms with Crippen LogP contribution in [-0.4, -0.2) is 31.3 Å². The molecule has 0 aliphatic heterocycles. The van der Waals surface area contributed by atoms with Crippen molar-refractivity contribution in [1.29, 1.82) is 0 Å². The summed E-state index contributed by atoms with van der Waals surface area (Å²) in [6.45, 7) is 2.87. The number of thiocarbonyl (C=S) groups is 1. The Labute approximate surface area is 157 Å². The van der Waals surface area contributed by atoms with Crippen molar-refractivity contribution in [2.45, 2.75) is 6.92 Å². The zero-order chi connectivity index (χ0) is 18.2. The van der Waals surface area contributed by atoms with Gasteiger partial charge < -0.3 is 14.8 Å². The first-order valence-corrected chi connectivity index (χ1v) is 8.38. The molecule has 0 radical (unpaired) electrons. The molecule has 2 rings (SSSR count). The van der Waals surface area contributed by atoms with Gasteiger partial charge in [-0.05, 0) is 61.1 Å². The summed E-state index contributed by atoms with van der Waals surface area (Å²) < 4.78 is 10.4. The number of rotatable bonds is 6. The van der Waals surface area contributed by atoms with Gasteiger partial charge in [-0.25, -0.2) is 0 Å². The van der Waals surface area contributed by atoms with Crippen LogP contribution in [-0.2, 0) is 4.74 Å². The fourth-order valence-corrected chi connectivity index (χ4v) is 2.34. The van der Waals surface area contributed by atoms with Gasteiger partial charge in [-0.3, -0.25) is 10.1 Å². The Hall–Kier alpha value is -2.15. The molecule has 0 aromatic heterocycles. The maximum absolute atomic E-state index is 12.2. The summed E-state index contributed by atoms with van der Waals surface area (Å²) in [7, 11) is 1.61. The summed E-state index contributed by atoms with van der Waals surface area (Å²) in [4.78, 5) is 12.2. The van der Waals surface area contributed by atoms with Crippen LogP contribution in [0.1, 0.15) is 15.9 Å². The second-order valence-corrected chi connectivity index (χ2v) is 6.05. The van der Waals surface area contributed by atoms with Crippen molar-refractivity contribution in [3.05, 3.63) is 58.6 Å². The second-order valence-electron chi connectivity index (χ2n) is 5.24. The maximum Gasteiger partial charge on any atom is 0.257 e. The number of benzene rings is 2. The minimum absolute atomic E-state index is 0.199. The van der Waals surface area contributed by atoms with Crippen LogP contribution in [0.25, 0.3) is 0 Å². The molecule has 7 heteroatoms. The van der Waals surface area contributed by atoms with Gasteiger partial charge in [0.1, 0.15) is 12.4 Å². The number of carbonyl (C=O) groups is 1. The van der Waals surface area contributed by atoms with Crippen molar-refractivity contribution in [3.63, 3.8) is 0 Å². The Morgan fingerprint density at radius 1 is 1.16 bits per heavy atom. The molecule has 0 bridgehead atoms. The molecule has 132 valence electrons. The third-order valence-electron chi connectivity index (χ3n) is 3.33. The maximum atomic E-state index is 12.2. The van der Waals surface area contributed by atoms with E-state index in [0.29, 0.717) is 35.2 Å². The Morgan fingerprint density at radius 3 is 2.52 bits per heavy atom. The molecule has 0 aliphatic carbocycles. The van der Waals surface area contributed by atoms with E-state index in [9.17, 15) is 4.79 Å². The number of amides is 1. The average Bonchev–Trinajstić information content (AvgIpc) is 2.59. The van der Waals surface area contributed by atoms with Gasteiger partial charge in [-0.1, -0.05) is 17.7 Å². The molecule has 5 nitrogen and oxygen atoms in total. The van der Waals surface area contributed by atoms with Crippen molar-refractivity contribution in [2.75, 3.05) is 25.6 Å². The van der Waals surface area contributed by atoms with Gasteiger partial charge in [0.25, 0.3) is 5.91 Å². The topological polar surface area (TPSA) is 59.6 Å². The highest BCUT2D eigenvalue weighted by Crippen LogP contribution is 2.20. The summed E-state index contributed by atoms with van der Waals surface area (Å²) in [5.41, 5.74) is 2.16. The quantitative estimate of drug-likeness (QED) is 0.591. The number of halogens is 1. The van der Waals surface area contributed by atoms with E-state index in [1.54, 1.807) is 37.4 Å². The second kappa shape index (κ2) is 9.36. The number of nitrogens with one attached hydrogen (secondary N) is 2. The molecule has 0 atom stereocenters. The highest BCUT2D eigenvalue weighted by Gasteiger charge is 2.09. The highest BCUT2D eigenvalue weighted by molar-refractivity contribution is 7.80. The standard InChI is InChI=1S/C18H19ClN2O3S/c1-12-3-6-14(11-16(12)19)20-18(25)21-17(22)13-4-7-15(8-5-13)24-10-9-23-2/h3-8,11H,9-10H2,1-2H3,(H2,20,21,22,25). The van der Waals surface area contributed by atoms with E-state index in [1.165, 1.54) is 0 Å². The zero-order valence-corrected chi connectivity index (χ0v) is 15.5. The van der Waals surface area contributed by atoms with E-state index < -0.39 is 0 Å². The normalized spacial score (nSPS) is 10.2. The zero-order valence-electron chi connectivity index (χ0n) is 14.0. The van der Waals surface area contributed by atoms with Crippen LogP contribution in [0.2, 0.25) is 5.02 Å². The van der Waals surface area contributed by atoms with Gasteiger partial charge in [-0.15, -0.1) is 0 Å². The monoisotopic (exact) mass is 378 g/mol. The molecule has 0 heterocycles. The number of hydrogen-bond acceptors (Lipinski definition) is 4. The van der Waals surface area contributed by atoms with Gasteiger partial charge >= 0.3 is 0 Å². The summed E-state index contributed by atoms with van der Waals surface area (Å²) in [6, 6.07) is 12.2. The number of anilines is 1. The van der Waals surface area contributed by atoms with Gasteiger partial charge in [-0.2, -0.15) is 0 Å². The van der Waals surface area contributed by atoms with Crippen LogP contribution < -0.4 is 15.4 Å². The SMILES string of the molecule is COCCOc1ccc(C(=O)NC(=S)Nc2ccc(C)c(Cl)c2)cc1. The lowest BCUT2D eigenvalue weighted by Gasteiger charge is -2.11. The smallest absolute Gasteiger partial charge is 0.257 e. The van der Waals surface area contributed by atoms with E-state index in [0.717, 1.165) is 5.56 Å². The Morgan fingerprint density at radius 2 is 1.88 bits per heavy atom. The molecular weight excluding hydrogens is 360 g/mol. The molecule has 0 unspecified atom stereocenters. The first-order valence-electron chi connectivity index (χ1n) is 7.60. The fraction of sp³-hybridized carbons (Fsp3) is 0.222. The third-order valence-corrected chi connectivity index (χ3v) is 3.94. The molecule has 25 heavy (non-hydrogen) atoms. The molecule has 2 aromatic carbocycles. The lowest BCUT2D eigenvalue weighted by Crippen LogP contribution is -2.34. The largest absolute Gasteiger partial charge is 0.491 e. The van der Waals surface area contributed by atoms with Crippen LogP contribution in [0.15, 0.2) is 42.5 Å². The predicted molar refractivity (Wildman–Crippen MR) is 104 cm³/mol. The molecule has 0 saturated carbocycles. The molecule has 0 spiro atoms. The first-order chi connectivity index (χ1) is 12.0. The Balaban J connectivity index is 1.89. The number of carbonyl (C=O) groups excluding carboxylic acids is 1. The molecule has 2 aromatic rings. The van der Waals surface area contributed by atoms with E-state index >= 15 is 0 Å². The molecule has 2 N–H and O–H groups in total. The average molecular weight is 379 g/mol. The van der Waals surface area contributed by atoms with Crippen molar-refractivity contribution >= 4 is 40.5 Å². The van der Waals surface area contributed by atoms with Crippen molar-refractivity contribution < 1.29 is 14.3 Å². The van der Waals surface area contributed by atoms with Crippen molar-refractivity contribution in [1.82, 2.24) is 5.32 Å². The summed E-state index contributed by atoms with van der Waals surface area (Å²) in [6.07, 6.45) is 0. The number of methoxy groups -OCH3 is 1. The van der Waals surface area contributed by atoms with E-state index in [1.807, 2.05) is 19.1 Å². The number of aryl methyl sites for hydroxylation is 1. The number of ether oxygens (including phenoxy) is 2. The summed E-state index contributed by atoms with van der Waals surface area (Å²) in [5, 5.41) is 6.39. The van der Waals surface area contributed by atoms with Gasteiger partial charge in [0.2, 0.25) is 0 Å². The van der Waals surface area contributed by atoms with Crippen molar-refractivity contribution in [3.8, 4) is 5.75 Å². The highest BCUT2D eigenvalue weighted by atomic mass is 35.5. The van der Waals surface area contributed by atoms with Gasteiger partial charge in [0.05, 0.1) is 6.61 Å². The summed E-state index contributed by atoms with van der Waals surface area (Å²) >= 11 is 11.2. The Kier molecular flexibility index (Phi) is 7.18. The van der Waals surface area contributed by atoms with E-state index in [4.69, 9.17) is 33.3 Å². The lowest BCUT2D eigenvalue weighted by molar-refractivity contribution is 0.0977. The minimum atomic E-state index is -0.306. The number of hydrogen-bond donors (Lipinski definition) is 2. The predicted octanol–water partition coefficient (Wildman–Crippen LogP) is 3.80. The van der Waals surface area contributed by atoms with E-state index in [-0.39, 0.29) is 11.0 Å². The lowest BCUT2D eigenvalue weighted by atomic mass is 10.2. The van der Waals surface area contributed by atoms with Crippen LogP contribution in [0.5, 0.6) is 5.75 Å². The fourth-order valence-electron chi connectivity index (χ4n) is 1.95. The molecule has 1 amide bonds. The Bertz CT molecular complexity index is 750. The molecule has 0 fully saturated rings. The van der Waals surface area contributed by atoms with Gasteiger partial charge in [0.15, 0.2) is 5.11 Å². The van der Waals surface area contributed by atoms with Crippen LogP contribution in [0, 0.1) is 6.92 Å². The van der Waals surface area contributed by atoms with Crippen LogP contribution >= 0.6 is 23.8 Å². The third kappa shape index (κ3) is 6.01. The van der Waals surface area contributed by atoms with Crippen LogP contribution in [0.3, 0.4) is 0 Å². The van der Waals surface area contributed by atoms with Crippen LogP contribution in [0.4, 0.5) is 5.69 Å². The minimum Gasteiger partial charge on any atom is -0.491 e. The summed E-state index contributed by atoms with van der Waals surface area (Å²) in [5.74, 6) is 0.364. The van der Waals surface area contributed by atoms with Crippen molar-refractivity contribution in [2.24, 2.45) is 0 Å². The van der Waals surface area contributed by atoms with E-state index in [2.05, 4.69) is 10.6 Å². The molecular formula is C18H19ClN2O3S. The first kappa shape index (κ1) is 19.2. The molecule has 0 aliphatic rings. The molecule has 0 saturated heterocycles. The van der Waals surface area contributed by atoms with Gasteiger partial charge in [0, 0.05) is 23.4 Å².